The van der Waals surface area contributed by atoms with Crippen LogP contribution in [-0.4, -0.2) is 6.71 Å². The van der Waals surface area contributed by atoms with Crippen molar-refractivity contribution in [1.29, 1.82) is 0 Å². The zero-order valence-electron chi connectivity index (χ0n) is 46.1. The normalized spacial score (nSPS) is 12.9. The quantitative estimate of drug-likeness (QED) is 0.105. The van der Waals surface area contributed by atoms with Crippen molar-refractivity contribution < 1.29 is 0 Å². The van der Waals surface area contributed by atoms with Gasteiger partial charge in [-0.2, -0.15) is 0 Å². The minimum Gasteiger partial charge on any atom is -0.311 e. The lowest BCUT2D eigenvalue weighted by Gasteiger charge is -2.45. The largest absolute Gasteiger partial charge is 0.311 e. The van der Waals surface area contributed by atoms with Crippen LogP contribution in [-0.2, 0) is 10.8 Å². The predicted molar refractivity (Wildman–Crippen MR) is 346 cm³/mol. The Morgan fingerprint density at radius 1 is 0.272 bits per heavy atom. The molecule has 0 spiro atoms. The maximum absolute atomic E-state index is 2.57. The van der Waals surface area contributed by atoms with E-state index in [-0.39, 0.29) is 17.5 Å². The van der Waals surface area contributed by atoms with E-state index < -0.39 is 0 Å². The van der Waals surface area contributed by atoms with Crippen molar-refractivity contribution in [3.8, 4) is 33.4 Å². The molecule has 2 aliphatic heterocycles. The summed E-state index contributed by atoms with van der Waals surface area (Å²) in [6.45, 7) is 9.41. The van der Waals surface area contributed by atoms with Gasteiger partial charge in [-0.3, -0.25) is 0 Å². The van der Waals surface area contributed by atoms with E-state index in [1.54, 1.807) is 0 Å². The summed E-state index contributed by atoms with van der Waals surface area (Å²) in [5.41, 5.74) is 22.9. The van der Waals surface area contributed by atoms with Crippen LogP contribution >= 0.6 is 0 Å². The highest BCUT2D eigenvalue weighted by atomic mass is 15.2. The molecule has 13 aromatic rings. The molecule has 2 aliphatic rings. The Morgan fingerprint density at radius 3 is 1.07 bits per heavy atom. The van der Waals surface area contributed by atoms with E-state index in [2.05, 4.69) is 323 Å². The first-order chi connectivity index (χ1) is 39.7. The van der Waals surface area contributed by atoms with E-state index >= 15 is 0 Å². The Morgan fingerprint density at radius 2 is 0.630 bits per heavy atom. The average molecular weight is 1040 g/mol. The number of hydrogen-bond acceptors (Lipinski definition) is 2. The van der Waals surface area contributed by atoms with E-state index in [0.29, 0.717) is 0 Å². The standard InChI is InChI=1S/C78H59BN2/c1-77(2,54-28-12-6-13-29-54)56-42-46-70-68(50-56)79-69-51-57(78(3,4)55-30-14-7-15-31-55)43-47-71(69)81(59-34-18-9-19-35-59)73-49-53(48-72(76(73)79)80(70)58-32-16-8-17-33-58)74-63-38-22-24-40-65(63)75(66-41-25-23-39-64(66)74)67-45-44-60(52-26-10-5-11-27-52)61-36-20-21-37-62(61)67/h5-51H,1-4H3. The van der Waals surface area contributed by atoms with Gasteiger partial charge in [-0.25, -0.2) is 0 Å². The molecular weight excluding hydrogens is 976 g/mol. The molecule has 0 N–H and O–H groups in total. The van der Waals surface area contributed by atoms with Crippen LogP contribution in [0.3, 0.4) is 0 Å². The minimum atomic E-state index is -0.268. The van der Waals surface area contributed by atoms with Crippen LogP contribution in [0, 0.1) is 0 Å². The molecule has 2 heterocycles. The van der Waals surface area contributed by atoms with Crippen molar-refractivity contribution in [2.75, 3.05) is 9.80 Å². The zero-order chi connectivity index (χ0) is 54.4. The van der Waals surface area contributed by atoms with Gasteiger partial charge in [-0.15, -0.1) is 0 Å². The van der Waals surface area contributed by atoms with Crippen molar-refractivity contribution in [1.82, 2.24) is 0 Å². The summed E-state index contributed by atoms with van der Waals surface area (Å²) in [4.78, 5) is 5.14. The van der Waals surface area contributed by atoms with Crippen LogP contribution < -0.4 is 26.2 Å². The van der Waals surface area contributed by atoms with E-state index in [1.807, 2.05) is 0 Å². The van der Waals surface area contributed by atoms with Crippen LogP contribution in [0.25, 0.3) is 65.7 Å². The maximum Gasteiger partial charge on any atom is 0.252 e. The molecule has 0 aliphatic carbocycles. The van der Waals surface area contributed by atoms with E-state index in [9.17, 15) is 0 Å². The third-order valence-electron chi connectivity index (χ3n) is 18.0. The molecule has 0 bridgehead atoms. The van der Waals surface area contributed by atoms with Crippen molar-refractivity contribution >= 4 is 89.5 Å². The summed E-state index contributed by atoms with van der Waals surface area (Å²) in [7, 11) is 0. The Hall–Kier alpha value is -9.70. The molecule has 13 aromatic carbocycles. The van der Waals surface area contributed by atoms with Crippen molar-refractivity contribution in [3.05, 3.63) is 307 Å². The van der Waals surface area contributed by atoms with Crippen molar-refractivity contribution in [2.45, 2.75) is 38.5 Å². The summed E-state index contributed by atoms with van der Waals surface area (Å²) in [6.07, 6.45) is 0. The highest BCUT2D eigenvalue weighted by Gasteiger charge is 2.45. The van der Waals surface area contributed by atoms with Gasteiger partial charge in [-0.1, -0.05) is 264 Å². The maximum atomic E-state index is 2.57. The average Bonchev–Trinajstić information content (AvgIpc) is 3.52. The molecule has 15 rings (SSSR count). The number of anilines is 6. The minimum absolute atomic E-state index is 0.102. The number of nitrogens with zero attached hydrogens (tertiary/aromatic N) is 2. The summed E-state index contributed by atoms with van der Waals surface area (Å²) in [5, 5.41) is 7.38. The van der Waals surface area contributed by atoms with Crippen LogP contribution in [0.4, 0.5) is 34.1 Å². The molecular formula is C78H59BN2. The molecule has 0 amide bonds. The molecule has 0 unspecified atom stereocenters. The first-order valence-electron chi connectivity index (χ1n) is 28.5. The fourth-order valence-electron chi connectivity index (χ4n) is 13.8. The Kier molecular flexibility index (Phi) is 11.4. The summed E-state index contributed by atoms with van der Waals surface area (Å²) < 4.78 is 0. The van der Waals surface area contributed by atoms with Crippen LogP contribution in [0.2, 0.25) is 0 Å². The van der Waals surface area contributed by atoms with Gasteiger partial charge in [0.15, 0.2) is 0 Å². The Labute approximate surface area is 476 Å². The Balaban J connectivity index is 1.04. The van der Waals surface area contributed by atoms with Gasteiger partial charge in [0.1, 0.15) is 0 Å². The topological polar surface area (TPSA) is 6.48 Å². The lowest BCUT2D eigenvalue weighted by atomic mass is 9.33. The van der Waals surface area contributed by atoms with Crippen molar-refractivity contribution in [3.63, 3.8) is 0 Å². The van der Waals surface area contributed by atoms with Gasteiger partial charge >= 0.3 is 0 Å². The van der Waals surface area contributed by atoms with Gasteiger partial charge in [0.2, 0.25) is 0 Å². The molecule has 0 aromatic heterocycles. The number of rotatable bonds is 9. The SMILES string of the molecule is CC(C)(c1ccccc1)c1ccc2c(c1)B1c3cc(C(C)(C)c4ccccc4)ccc3N(c3ccccc3)c3cc(-c4c5ccccc5c(-c5ccc(-c6ccccc6)c6ccccc56)c5ccccc45)cc(c31)N2c1ccccc1. The van der Waals surface area contributed by atoms with Crippen LogP contribution in [0.1, 0.15) is 49.9 Å². The number of para-hydroxylation sites is 2. The molecule has 0 saturated carbocycles. The third kappa shape index (κ3) is 7.71. The van der Waals surface area contributed by atoms with E-state index in [1.165, 1.54) is 127 Å². The van der Waals surface area contributed by atoms with Gasteiger partial charge < -0.3 is 9.80 Å². The van der Waals surface area contributed by atoms with Crippen LogP contribution in [0.15, 0.2) is 285 Å². The number of benzene rings is 13. The lowest BCUT2D eigenvalue weighted by Crippen LogP contribution is -2.61. The van der Waals surface area contributed by atoms with Gasteiger partial charge in [0.25, 0.3) is 6.71 Å². The third-order valence-corrected chi connectivity index (χ3v) is 18.0. The van der Waals surface area contributed by atoms with Crippen molar-refractivity contribution in [2.24, 2.45) is 0 Å². The highest BCUT2D eigenvalue weighted by Crippen LogP contribution is 2.51. The summed E-state index contributed by atoms with van der Waals surface area (Å²) >= 11 is 0. The number of hydrogen-bond donors (Lipinski definition) is 0. The summed E-state index contributed by atoms with van der Waals surface area (Å²) in [5.74, 6) is 0. The second kappa shape index (κ2) is 19.0. The molecule has 81 heavy (non-hydrogen) atoms. The van der Waals surface area contributed by atoms with Crippen LogP contribution in [0.5, 0.6) is 0 Å². The molecule has 2 nitrogen and oxygen atoms in total. The monoisotopic (exact) mass is 1030 g/mol. The molecule has 0 radical (unpaired) electrons. The molecule has 0 saturated heterocycles. The Bertz CT molecular complexity index is 4350. The molecule has 0 atom stereocenters. The first-order valence-corrected chi connectivity index (χ1v) is 28.5. The van der Waals surface area contributed by atoms with Gasteiger partial charge in [0, 0.05) is 45.0 Å². The highest BCUT2D eigenvalue weighted by molar-refractivity contribution is 7.00. The predicted octanol–water partition coefficient (Wildman–Crippen LogP) is 18.9. The molecule has 0 fully saturated rings. The first kappa shape index (κ1) is 48.4. The van der Waals surface area contributed by atoms with E-state index in [4.69, 9.17) is 0 Å². The number of fused-ring (bicyclic) bond motifs is 7. The fraction of sp³-hybridized carbons (Fsp3) is 0.0769. The van der Waals surface area contributed by atoms with E-state index in [0.717, 1.165) is 11.4 Å². The smallest absolute Gasteiger partial charge is 0.252 e. The fourth-order valence-corrected chi connectivity index (χ4v) is 13.8. The second-order valence-corrected chi connectivity index (χ2v) is 23.1. The lowest BCUT2D eigenvalue weighted by molar-refractivity contribution is 0.641. The van der Waals surface area contributed by atoms with Gasteiger partial charge in [-0.05, 0) is 153 Å². The molecule has 3 heteroatoms. The summed E-state index contributed by atoms with van der Waals surface area (Å²) in [6, 6.07) is 107. The molecule has 384 valence electrons. The second-order valence-electron chi connectivity index (χ2n) is 23.1. The zero-order valence-corrected chi connectivity index (χ0v) is 46.1. The van der Waals surface area contributed by atoms with Gasteiger partial charge in [0.05, 0.1) is 0 Å².